The van der Waals surface area contributed by atoms with Gasteiger partial charge in [-0.05, 0) is 63.1 Å². The van der Waals surface area contributed by atoms with Crippen LogP contribution in [0.3, 0.4) is 0 Å². The van der Waals surface area contributed by atoms with Gasteiger partial charge in [0.1, 0.15) is 0 Å². The van der Waals surface area contributed by atoms with E-state index in [4.69, 9.17) is 4.42 Å². The van der Waals surface area contributed by atoms with Crippen LogP contribution in [0.1, 0.15) is 30.9 Å². The summed E-state index contributed by atoms with van der Waals surface area (Å²) in [6.07, 6.45) is 0. The van der Waals surface area contributed by atoms with Gasteiger partial charge in [0.25, 0.3) is 0 Å². The second-order valence-corrected chi connectivity index (χ2v) is 8.65. The van der Waals surface area contributed by atoms with Crippen molar-refractivity contribution < 1.29 is 12.8 Å². The van der Waals surface area contributed by atoms with Crippen LogP contribution >= 0.6 is 0 Å². The summed E-state index contributed by atoms with van der Waals surface area (Å²) in [6, 6.07) is 14.3. The quantitative estimate of drug-likeness (QED) is 0.642. The number of aryl methyl sites for hydroxylation is 2. The van der Waals surface area contributed by atoms with Crippen LogP contribution in [0.2, 0.25) is 0 Å². The molecule has 0 N–H and O–H groups in total. The average molecular weight is 385 g/mol. The molecule has 0 radical (unpaired) electrons. The number of nitrogens with zero attached hydrogens (tertiary/aromatic N) is 3. The molecule has 0 spiro atoms. The fourth-order valence-corrected chi connectivity index (χ4v) is 4.38. The molecule has 0 aliphatic carbocycles. The van der Waals surface area contributed by atoms with Crippen molar-refractivity contribution in [3.8, 4) is 11.5 Å². The Morgan fingerprint density at radius 2 is 1.70 bits per heavy atom. The molecule has 0 saturated carbocycles. The second-order valence-electron chi connectivity index (χ2n) is 6.76. The highest BCUT2D eigenvalue weighted by atomic mass is 32.2. The molecule has 3 aromatic rings. The molecular formula is C20H23N3O3S. The Balaban J connectivity index is 1.90. The second kappa shape index (κ2) is 7.62. The van der Waals surface area contributed by atoms with Crippen LogP contribution in [-0.2, 0) is 16.6 Å². The van der Waals surface area contributed by atoms with Gasteiger partial charge in [-0.3, -0.25) is 0 Å². The normalized spacial score (nSPS) is 12.1. The van der Waals surface area contributed by atoms with Gasteiger partial charge in [0.15, 0.2) is 0 Å². The summed E-state index contributed by atoms with van der Waals surface area (Å²) in [5.74, 6) is 0.632. The average Bonchev–Trinajstić information content (AvgIpc) is 3.11. The molecule has 6 nitrogen and oxygen atoms in total. The summed E-state index contributed by atoms with van der Waals surface area (Å²) in [5.41, 5.74) is 2.78. The summed E-state index contributed by atoms with van der Waals surface area (Å²) in [6.45, 7) is 7.53. The van der Waals surface area contributed by atoms with E-state index in [2.05, 4.69) is 10.2 Å². The molecule has 0 aliphatic rings. The van der Waals surface area contributed by atoms with Gasteiger partial charge < -0.3 is 4.42 Å². The Morgan fingerprint density at radius 3 is 2.33 bits per heavy atom. The molecule has 0 unspecified atom stereocenters. The molecule has 3 rings (SSSR count). The lowest BCUT2D eigenvalue weighted by atomic mass is 10.1. The number of benzene rings is 2. The molecule has 1 heterocycles. The molecule has 0 atom stereocenters. The molecule has 0 fully saturated rings. The van der Waals surface area contributed by atoms with E-state index in [-0.39, 0.29) is 23.4 Å². The van der Waals surface area contributed by atoms with Crippen molar-refractivity contribution in [1.82, 2.24) is 14.5 Å². The van der Waals surface area contributed by atoms with Crippen molar-refractivity contribution >= 4 is 10.0 Å². The minimum atomic E-state index is -3.69. The largest absolute Gasteiger partial charge is 0.419 e. The van der Waals surface area contributed by atoms with Gasteiger partial charge in [-0.1, -0.05) is 24.3 Å². The monoisotopic (exact) mass is 385 g/mol. The van der Waals surface area contributed by atoms with E-state index >= 15 is 0 Å². The van der Waals surface area contributed by atoms with E-state index < -0.39 is 10.0 Å². The number of hydrogen-bond donors (Lipinski definition) is 0. The lowest BCUT2D eigenvalue weighted by molar-refractivity contribution is 0.313. The van der Waals surface area contributed by atoms with Crippen LogP contribution in [-0.4, -0.2) is 29.0 Å². The minimum Gasteiger partial charge on any atom is -0.419 e. The zero-order valence-electron chi connectivity index (χ0n) is 15.9. The first-order valence-electron chi connectivity index (χ1n) is 8.76. The highest BCUT2D eigenvalue weighted by Gasteiger charge is 2.29. The van der Waals surface area contributed by atoms with Crippen molar-refractivity contribution in [1.29, 1.82) is 0 Å². The summed E-state index contributed by atoms with van der Waals surface area (Å²) >= 11 is 0. The topological polar surface area (TPSA) is 76.3 Å². The van der Waals surface area contributed by atoms with Crippen LogP contribution in [0.4, 0.5) is 0 Å². The predicted molar refractivity (Wildman–Crippen MR) is 104 cm³/mol. The van der Waals surface area contributed by atoms with Crippen LogP contribution in [0, 0.1) is 13.8 Å². The van der Waals surface area contributed by atoms with Gasteiger partial charge in [-0.2, -0.15) is 4.31 Å². The standard InChI is InChI=1S/C20H23N3O3S/c1-14(2)23(27(24,25)18-11-10-15(3)16(4)12-18)13-19-21-22-20(26-19)17-8-6-5-7-9-17/h5-12,14H,13H2,1-4H3. The third kappa shape index (κ3) is 4.09. The molecule has 0 amide bonds. The molecular weight excluding hydrogens is 362 g/mol. The number of aromatic nitrogens is 2. The zero-order chi connectivity index (χ0) is 19.6. The molecule has 0 saturated heterocycles. The van der Waals surface area contributed by atoms with Crippen molar-refractivity contribution in [3.05, 3.63) is 65.5 Å². The third-order valence-electron chi connectivity index (χ3n) is 4.44. The van der Waals surface area contributed by atoms with Crippen molar-refractivity contribution in [2.45, 2.75) is 45.2 Å². The first-order chi connectivity index (χ1) is 12.8. The fourth-order valence-electron chi connectivity index (χ4n) is 2.70. The van der Waals surface area contributed by atoms with Crippen molar-refractivity contribution in [3.63, 3.8) is 0 Å². The minimum absolute atomic E-state index is 0.0206. The van der Waals surface area contributed by atoms with Gasteiger partial charge in [0.2, 0.25) is 21.8 Å². The molecule has 0 bridgehead atoms. The molecule has 0 aliphatic heterocycles. The van der Waals surface area contributed by atoms with Gasteiger partial charge in [0.05, 0.1) is 11.4 Å². The highest BCUT2D eigenvalue weighted by molar-refractivity contribution is 7.89. The Kier molecular flexibility index (Phi) is 5.43. The maximum absolute atomic E-state index is 13.2. The van der Waals surface area contributed by atoms with Gasteiger partial charge in [-0.15, -0.1) is 10.2 Å². The molecule has 2 aromatic carbocycles. The maximum Gasteiger partial charge on any atom is 0.247 e. The van der Waals surface area contributed by atoms with E-state index in [1.54, 1.807) is 12.1 Å². The Hall–Kier alpha value is -2.51. The summed E-state index contributed by atoms with van der Waals surface area (Å²) in [7, 11) is -3.69. The van der Waals surface area contributed by atoms with Crippen LogP contribution < -0.4 is 0 Å². The summed E-state index contributed by atoms with van der Waals surface area (Å²) < 4.78 is 33.4. The van der Waals surface area contributed by atoms with Crippen LogP contribution in [0.15, 0.2) is 57.8 Å². The number of rotatable bonds is 6. The highest BCUT2D eigenvalue weighted by Crippen LogP contribution is 2.24. The smallest absolute Gasteiger partial charge is 0.247 e. The lowest BCUT2D eigenvalue weighted by Crippen LogP contribution is -2.36. The van der Waals surface area contributed by atoms with E-state index in [0.717, 1.165) is 16.7 Å². The zero-order valence-corrected chi connectivity index (χ0v) is 16.7. The van der Waals surface area contributed by atoms with Crippen LogP contribution in [0.25, 0.3) is 11.5 Å². The van der Waals surface area contributed by atoms with E-state index in [1.165, 1.54) is 4.31 Å². The van der Waals surface area contributed by atoms with E-state index in [1.807, 2.05) is 64.1 Å². The Labute approximate surface area is 159 Å². The maximum atomic E-state index is 13.2. The number of sulfonamides is 1. The predicted octanol–water partition coefficient (Wildman–Crippen LogP) is 3.95. The first-order valence-corrected chi connectivity index (χ1v) is 10.2. The van der Waals surface area contributed by atoms with Gasteiger partial charge >= 0.3 is 0 Å². The summed E-state index contributed by atoms with van der Waals surface area (Å²) in [5, 5.41) is 8.07. The van der Waals surface area contributed by atoms with E-state index in [9.17, 15) is 8.42 Å². The van der Waals surface area contributed by atoms with Crippen molar-refractivity contribution in [2.75, 3.05) is 0 Å². The number of hydrogen-bond acceptors (Lipinski definition) is 5. The third-order valence-corrected chi connectivity index (χ3v) is 6.46. The molecule has 27 heavy (non-hydrogen) atoms. The van der Waals surface area contributed by atoms with E-state index in [0.29, 0.717) is 5.89 Å². The Bertz CT molecular complexity index is 1030. The van der Waals surface area contributed by atoms with Gasteiger partial charge in [0, 0.05) is 11.6 Å². The Morgan fingerprint density at radius 1 is 1.00 bits per heavy atom. The molecule has 7 heteroatoms. The lowest BCUT2D eigenvalue weighted by Gasteiger charge is -2.24. The van der Waals surface area contributed by atoms with Crippen LogP contribution in [0.5, 0.6) is 0 Å². The SMILES string of the molecule is Cc1ccc(S(=O)(=O)N(Cc2nnc(-c3ccccc3)o2)C(C)C)cc1C. The summed E-state index contributed by atoms with van der Waals surface area (Å²) in [4.78, 5) is 0.266. The molecule has 142 valence electrons. The van der Waals surface area contributed by atoms with Gasteiger partial charge in [-0.25, -0.2) is 8.42 Å². The first kappa shape index (κ1) is 19.3. The van der Waals surface area contributed by atoms with Crippen molar-refractivity contribution in [2.24, 2.45) is 0 Å². The fraction of sp³-hybridized carbons (Fsp3) is 0.300. The molecule has 1 aromatic heterocycles.